The van der Waals surface area contributed by atoms with E-state index in [4.69, 9.17) is 11.6 Å². The van der Waals surface area contributed by atoms with Crippen LogP contribution in [0.4, 0.5) is 0 Å². The van der Waals surface area contributed by atoms with Crippen LogP contribution in [0.25, 0.3) is 0 Å². The number of nitrogens with one attached hydrogen (secondary N) is 1. The molecule has 0 bridgehead atoms. The molecule has 1 saturated carbocycles. The largest absolute Gasteiger partial charge is 0.352 e. The molecule has 2 fully saturated rings. The summed E-state index contributed by atoms with van der Waals surface area (Å²) in [7, 11) is -3.69. The monoisotopic (exact) mass is 384 g/mol. The zero-order valence-electron chi connectivity index (χ0n) is 14.4. The number of halogens is 1. The first-order chi connectivity index (χ1) is 11.9. The van der Waals surface area contributed by atoms with E-state index in [1.54, 1.807) is 12.1 Å². The molecule has 1 N–H and O–H groups in total. The molecule has 1 aliphatic carbocycles. The molecule has 138 valence electrons. The van der Waals surface area contributed by atoms with Crippen LogP contribution in [-0.4, -0.2) is 37.3 Å². The van der Waals surface area contributed by atoms with E-state index < -0.39 is 16.1 Å². The Kier molecular flexibility index (Phi) is 5.71. The highest BCUT2D eigenvalue weighted by atomic mass is 35.5. The summed E-state index contributed by atoms with van der Waals surface area (Å²) in [5, 5.41) is 3.59. The van der Waals surface area contributed by atoms with Crippen LogP contribution in [0.2, 0.25) is 5.02 Å². The van der Waals surface area contributed by atoms with E-state index in [0.29, 0.717) is 30.3 Å². The van der Waals surface area contributed by atoms with Crippen LogP contribution in [0.1, 0.15) is 45.4 Å². The average Bonchev–Trinajstić information content (AvgIpc) is 3.08. The van der Waals surface area contributed by atoms with Crippen molar-refractivity contribution in [2.45, 2.75) is 62.4 Å². The van der Waals surface area contributed by atoms with E-state index in [2.05, 4.69) is 12.2 Å². The smallest absolute Gasteiger partial charge is 0.243 e. The molecule has 0 spiro atoms. The predicted octanol–water partition coefficient (Wildman–Crippen LogP) is 3.19. The molecule has 1 aliphatic heterocycles. The van der Waals surface area contributed by atoms with Crippen LogP contribution in [0.3, 0.4) is 0 Å². The number of benzene rings is 1. The summed E-state index contributed by atoms with van der Waals surface area (Å²) < 4.78 is 27.2. The predicted molar refractivity (Wildman–Crippen MR) is 97.9 cm³/mol. The SMILES string of the molecule is C[C@@H]1CCCC[C@@H]1NC(=O)[C@@H]1CCCN1S(=O)(=O)c1ccc(Cl)cc1. The standard InChI is InChI=1S/C18H25ClN2O3S/c1-13-5-2-3-6-16(13)20-18(22)17-7-4-12-21(17)25(23,24)15-10-8-14(19)9-11-15/h8-11,13,16-17H,2-7,12H2,1H3,(H,20,22)/t13-,16+,17+/m1/s1. The highest BCUT2D eigenvalue weighted by Gasteiger charge is 2.40. The number of amides is 1. The van der Waals surface area contributed by atoms with E-state index in [0.717, 1.165) is 19.3 Å². The van der Waals surface area contributed by atoms with Gasteiger partial charge in [-0.3, -0.25) is 4.79 Å². The number of carbonyl (C=O) groups excluding carboxylic acids is 1. The number of rotatable bonds is 4. The van der Waals surface area contributed by atoms with Crippen molar-refractivity contribution in [2.24, 2.45) is 5.92 Å². The Labute approximate surface area is 154 Å². The topological polar surface area (TPSA) is 66.5 Å². The molecule has 1 amide bonds. The summed E-state index contributed by atoms with van der Waals surface area (Å²) >= 11 is 5.85. The fourth-order valence-electron chi connectivity index (χ4n) is 3.84. The second-order valence-electron chi connectivity index (χ2n) is 7.10. The lowest BCUT2D eigenvalue weighted by Crippen LogP contribution is -2.50. The first kappa shape index (κ1) is 18.7. The molecule has 25 heavy (non-hydrogen) atoms. The van der Waals surface area contributed by atoms with Crippen molar-refractivity contribution < 1.29 is 13.2 Å². The van der Waals surface area contributed by atoms with Gasteiger partial charge in [0.15, 0.2) is 0 Å². The first-order valence-corrected chi connectivity index (χ1v) is 10.8. The Bertz CT molecular complexity index is 720. The minimum absolute atomic E-state index is 0.155. The first-order valence-electron chi connectivity index (χ1n) is 8.97. The molecule has 1 saturated heterocycles. The van der Waals surface area contributed by atoms with Gasteiger partial charge in [0.05, 0.1) is 4.90 Å². The third kappa shape index (κ3) is 4.01. The van der Waals surface area contributed by atoms with Crippen molar-refractivity contribution in [3.05, 3.63) is 29.3 Å². The molecule has 0 radical (unpaired) electrons. The summed E-state index contributed by atoms with van der Waals surface area (Å²) in [6.07, 6.45) is 5.68. The van der Waals surface area contributed by atoms with Crippen LogP contribution in [0, 0.1) is 5.92 Å². The fraction of sp³-hybridized carbons (Fsp3) is 0.611. The second-order valence-corrected chi connectivity index (χ2v) is 9.43. The molecule has 0 unspecified atom stereocenters. The van der Waals surface area contributed by atoms with Crippen molar-refractivity contribution in [2.75, 3.05) is 6.54 Å². The van der Waals surface area contributed by atoms with Crippen LogP contribution in [-0.2, 0) is 14.8 Å². The van der Waals surface area contributed by atoms with E-state index >= 15 is 0 Å². The van der Waals surface area contributed by atoms with Gasteiger partial charge in [-0.2, -0.15) is 4.31 Å². The summed E-state index contributed by atoms with van der Waals surface area (Å²) in [6, 6.07) is 5.64. The van der Waals surface area contributed by atoms with Crippen LogP contribution >= 0.6 is 11.6 Å². The lowest BCUT2D eigenvalue weighted by Gasteiger charge is -2.32. The maximum atomic E-state index is 12.9. The van der Waals surface area contributed by atoms with E-state index in [9.17, 15) is 13.2 Å². The third-order valence-electron chi connectivity index (χ3n) is 5.37. The zero-order valence-corrected chi connectivity index (χ0v) is 16.0. The van der Waals surface area contributed by atoms with Crippen molar-refractivity contribution in [3.8, 4) is 0 Å². The molecular formula is C18H25ClN2O3S. The summed E-state index contributed by atoms with van der Waals surface area (Å²) in [5.74, 6) is 0.286. The fourth-order valence-corrected chi connectivity index (χ4v) is 5.62. The molecule has 2 aliphatic rings. The molecule has 1 aromatic rings. The lowest BCUT2D eigenvalue weighted by atomic mass is 9.86. The Morgan fingerprint density at radius 3 is 2.48 bits per heavy atom. The molecular weight excluding hydrogens is 360 g/mol. The normalized spacial score (nSPS) is 28.0. The van der Waals surface area contributed by atoms with Gasteiger partial charge in [-0.05, 0) is 55.9 Å². The Morgan fingerprint density at radius 2 is 1.80 bits per heavy atom. The van der Waals surface area contributed by atoms with E-state index in [-0.39, 0.29) is 16.8 Å². The van der Waals surface area contributed by atoms with Gasteiger partial charge >= 0.3 is 0 Å². The molecule has 5 nitrogen and oxygen atoms in total. The third-order valence-corrected chi connectivity index (χ3v) is 7.54. The van der Waals surface area contributed by atoms with E-state index in [1.165, 1.54) is 22.9 Å². The quantitative estimate of drug-likeness (QED) is 0.866. The second kappa shape index (κ2) is 7.64. The summed E-state index contributed by atoms with van der Waals surface area (Å²) in [4.78, 5) is 12.9. The maximum Gasteiger partial charge on any atom is 0.243 e. The van der Waals surface area contributed by atoms with E-state index in [1.807, 2.05) is 0 Å². The number of hydrogen-bond acceptors (Lipinski definition) is 3. The minimum atomic E-state index is -3.69. The molecule has 3 rings (SSSR count). The van der Waals surface area contributed by atoms with Crippen LogP contribution in [0.15, 0.2) is 29.2 Å². The molecule has 1 aromatic carbocycles. The maximum absolute atomic E-state index is 12.9. The lowest BCUT2D eigenvalue weighted by molar-refractivity contribution is -0.125. The van der Waals surface area contributed by atoms with Crippen molar-refractivity contribution in [1.82, 2.24) is 9.62 Å². The van der Waals surface area contributed by atoms with Gasteiger partial charge < -0.3 is 5.32 Å². The zero-order chi connectivity index (χ0) is 18.0. The van der Waals surface area contributed by atoms with Crippen LogP contribution < -0.4 is 5.32 Å². The molecule has 0 aromatic heterocycles. The Hall–Kier alpha value is -1.11. The van der Waals surface area contributed by atoms with Gasteiger partial charge in [0.25, 0.3) is 0 Å². The molecule has 7 heteroatoms. The minimum Gasteiger partial charge on any atom is -0.352 e. The highest BCUT2D eigenvalue weighted by molar-refractivity contribution is 7.89. The van der Waals surface area contributed by atoms with Crippen molar-refractivity contribution in [3.63, 3.8) is 0 Å². The van der Waals surface area contributed by atoms with Gasteiger partial charge in [0.1, 0.15) is 6.04 Å². The van der Waals surface area contributed by atoms with Crippen molar-refractivity contribution in [1.29, 1.82) is 0 Å². The highest BCUT2D eigenvalue weighted by Crippen LogP contribution is 2.28. The van der Waals surface area contributed by atoms with Crippen molar-refractivity contribution >= 4 is 27.5 Å². The van der Waals surface area contributed by atoms with Gasteiger partial charge in [-0.15, -0.1) is 0 Å². The van der Waals surface area contributed by atoms with Gasteiger partial charge in [-0.25, -0.2) is 8.42 Å². The van der Waals surface area contributed by atoms with Gasteiger partial charge in [0, 0.05) is 17.6 Å². The van der Waals surface area contributed by atoms with Gasteiger partial charge in [-0.1, -0.05) is 31.4 Å². The molecule has 1 heterocycles. The number of carbonyl (C=O) groups is 1. The molecule has 3 atom stereocenters. The number of hydrogen-bond donors (Lipinski definition) is 1. The number of nitrogens with zero attached hydrogens (tertiary/aromatic N) is 1. The Balaban J connectivity index is 1.75. The number of sulfonamides is 1. The Morgan fingerprint density at radius 1 is 1.12 bits per heavy atom. The van der Waals surface area contributed by atoms with Crippen LogP contribution in [0.5, 0.6) is 0 Å². The van der Waals surface area contributed by atoms with Gasteiger partial charge in [0.2, 0.25) is 15.9 Å². The summed E-state index contributed by atoms with van der Waals surface area (Å²) in [5.41, 5.74) is 0. The summed E-state index contributed by atoms with van der Waals surface area (Å²) in [6.45, 7) is 2.53. The average molecular weight is 385 g/mol.